The van der Waals surface area contributed by atoms with Crippen LogP contribution in [0.4, 0.5) is 30.6 Å². The van der Waals surface area contributed by atoms with Crippen LogP contribution in [0.5, 0.6) is 0 Å². The van der Waals surface area contributed by atoms with Gasteiger partial charge in [-0.3, -0.25) is 0 Å². The van der Waals surface area contributed by atoms with Gasteiger partial charge in [-0.1, -0.05) is 23.2 Å². The number of aromatic nitrogens is 4. The molecule has 158 valence electrons. The highest BCUT2D eigenvalue weighted by molar-refractivity contribution is 6.42. The molecular weight excluding hydrogens is 448 g/mol. The summed E-state index contributed by atoms with van der Waals surface area (Å²) < 4.78 is 40.2. The Hall–Kier alpha value is -3.05. The molecule has 0 aliphatic carbocycles. The largest absolute Gasteiger partial charge is 0.480 e. The molecular formula is C17H13Cl2F3N6O2. The Labute approximate surface area is 177 Å². The van der Waals surface area contributed by atoms with Gasteiger partial charge >= 0.3 is 12.1 Å². The van der Waals surface area contributed by atoms with Crippen LogP contribution in [-0.4, -0.2) is 37.1 Å². The summed E-state index contributed by atoms with van der Waals surface area (Å²) in [4.78, 5) is 25.5. The molecule has 0 spiro atoms. The maximum absolute atomic E-state index is 13.4. The van der Waals surface area contributed by atoms with E-state index in [1.54, 1.807) is 0 Å². The van der Waals surface area contributed by atoms with Crippen molar-refractivity contribution in [2.24, 2.45) is 0 Å². The number of alkyl halides is 3. The summed E-state index contributed by atoms with van der Waals surface area (Å²) in [6.07, 6.45) is -1.68. The van der Waals surface area contributed by atoms with Crippen LogP contribution < -0.4 is 10.6 Å². The number of carbonyl (C=O) groups is 1. The van der Waals surface area contributed by atoms with E-state index in [2.05, 4.69) is 30.6 Å². The first-order valence-electron chi connectivity index (χ1n) is 8.26. The smallest absolute Gasteiger partial charge is 0.421 e. The normalized spacial score (nSPS) is 12.4. The molecule has 1 aromatic carbocycles. The second kappa shape index (κ2) is 8.76. The number of halogens is 5. The van der Waals surface area contributed by atoms with E-state index in [0.717, 1.165) is 0 Å². The van der Waals surface area contributed by atoms with Gasteiger partial charge in [0.1, 0.15) is 17.4 Å². The number of aromatic amines is 1. The maximum atomic E-state index is 13.4. The average molecular weight is 461 g/mol. The van der Waals surface area contributed by atoms with E-state index in [-0.39, 0.29) is 17.4 Å². The molecule has 0 bridgehead atoms. The van der Waals surface area contributed by atoms with E-state index in [1.165, 1.54) is 30.7 Å². The van der Waals surface area contributed by atoms with Gasteiger partial charge in [-0.15, -0.1) is 0 Å². The van der Waals surface area contributed by atoms with Gasteiger partial charge in [0.25, 0.3) is 0 Å². The van der Waals surface area contributed by atoms with Gasteiger partial charge in [0.15, 0.2) is 0 Å². The van der Waals surface area contributed by atoms with Crippen LogP contribution in [0.1, 0.15) is 11.3 Å². The lowest BCUT2D eigenvalue weighted by Crippen LogP contribution is -2.33. The molecule has 3 rings (SSSR count). The van der Waals surface area contributed by atoms with Gasteiger partial charge in [0.05, 0.1) is 16.4 Å². The third-order valence-electron chi connectivity index (χ3n) is 3.86. The number of H-pyrrole nitrogens is 1. The minimum Gasteiger partial charge on any atom is -0.480 e. The van der Waals surface area contributed by atoms with Crippen molar-refractivity contribution in [3.05, 3.63) is 58.2 Å². The molecule has 0 radical (unpaired) electrons. The van der Waals surface area contributed by atoms with Gasteiger partial charge in [-0.25, -0.2) is 14.8 Å². The molecule has 0 fully saturated rings. The van der Waals surface area contributed by atoms with E-state index in [4.69, 9.17) is 23.2 Å². The molecule has 13 heteroatoms. The minimum atomic E-state index is -4.80. The molecule has 4 N–H and O–H groups in total. The highest BCUT2D eigenvalue weighted by Gasteiger charge is 2.36. The first-order chi connectivity index (χ1) is 14.1. The summed E-state index contributed by atoms with van der Waals surface area (Å²) in [6, 6.07) is 3.05. The fraction of sp³-hybridized carbons (Fsp3) is 0.176. The van der Waals surface area contributed by atoms with Crippen molar-refractivity contribution < 1.29 is 23.1 Å². The molecule has 30 heavy (non-hydrogen) atoms. The summed E-state index contributed by atoms with van der Waals surface area (Å²) >= 11 is 11.8. The SMILES string of the molecule is O=C(O)[C@@H](Cc1cnc[nH]1)Nc1nc(Nc2ccc(Cl)c(Cl)c2)ncc1C(F)(F)F. The highest BCUT2D eigenvalue weighted by Crippen LogP contribution is 2.35. The van der Waals surface area contributed by atoms with E-state index in [1.807, 2.05) is 0 Å². The summed E-state index contributed by atoms with van der Waals surface area (Å²) in [5.41, 5.74) is -0.410. The Bertz CT molecular complexity index is 1050. The van der Waals surface area contributed by atoms with Crippen molar-refractivity contribution in [1.82, 2.24) is 19.9 Å². The van der Waals surface area contributed by atoms with Crippen molar-refractivity contribution in [2.45, 2.75) is 18.6 Å². The predicted octanol–water partition coefficient (Wildman–Crippen LogP) is 4.38. The Morgan fingerprint density at radius 1 is 1.23 bits per heavy atom. The number of carboxylic acids is 1. The van der Waals surface area contributed by atoms with Crippen LogP contribution in [0.25, 0.3) is 0 Å². The van der Waals surface area contributed by atoms with Crippen LogP contribution in [0.2, 0.25) is 10.0 Å². The first kappa shape index (κ1) is 21.7. The zero-order valence-electron chi connectivity index (χ0n) is 14.8. The molecule has 1 atom stereocenters. The van der Waals surface area contributed by atoms with Crippen LogP contribution >= 0.6 is 23.2 Å². The van der Waals surface area contributed by atoms with Gasteiger partial charge < -0.3 is 20.7 Å². The summed E-state index contributed by atoms with van der Waals surface area (Å²) in [5, 5.41) is 15.0. The lowest BCUT2D eigenvalue weighted by molar-refractivity contribution is -0.139. The van der Waals surface area contributed by atoms with E-state index < -0.39 is 29.6 Å². The zero-order chi connectivity index (χ0) is 21.9. The molecule has 0 aliphatic rings. The number of aliphatic carboxylic acids is 1. The second-order valence-electron chi connectivity index (χ2n) is 6.02. The molecule has 2 aromatic heterocycles. The lowest BCUT2D eigenvalue weighted by Gasteiger charge is -2.19. The number of carboxylic acid groups (broad SMARTS) is 1. The molecule has 3 aromatic rings. The van der Waals surface area contributed by atoms with E-state index >= 15 is 0 Å². The van der Waals surface area contributed by atoms with E-state index in [9.17, 15) is 23.1 Å². The second-order valence-corrected chi connectivity index (χ2v) is 6.84. The Morgan fingerprint density at radius 2 is 2.00 bits per heavy atom. The molecule has 8 nitrogen and oxygen atoms in total. The summed E-state index contributed by atoms with van der Waals surface area (Å²) in [7, 11) is 0. The molecule has 0 saturated carbocycles. The standard InChI is InChI=1S/C17H13Cl2F3N6O2/c18-11-2-1-8(3-12(11)19)26-16-24-6-10(17(20,21)22)14(28-16)27-13(15(29)30)4-9-5-23-7-25-9/h1-3,5-7,13H,4H2,(H,23,25)(H,29,30)(H2,24,26,27,28)/t13-/m1/s1. The van der Waals surface area contributed by atoms with Crippen LogP contribution in [-0.2, 0) is 17.4 Å². The molecule has 2 heterocycles. The van der Waals surface area contributed by atoms with Crippen LogP contribution in [0.15, 0.2) is 36.9 Å². The summed E-state index contributed by atoms with van der Waals surface area (Å²) in [6.45, 7) is 0. The average Bonchev–Trinajstić information content (AvgIpc) is 3.16. The van der Waals surface area contributed by atoms with E-state index in [0.29, 0.717) is 22.6 Å². The van der Waals surface area contributed by atoms with Gasteiger partial charge in [-0.05, 0) is 18.2 Å². The Balaban J connectivity index is 1.92. The number of nitrogens with one attached hydrogen (secondary N) is 3. The van der Waals surface area contributed by atoms with Gasteiger partial charge in [0.2, 0.25) is 5.95 Å². The monoisotopic (exact) mass is 460 g/mol. The van der Waals surface area contributed by atoms with Crippen molar-refractivity contribution in [3.63, 3.8) is 0 Å². The zero-order valence-corrected chi connectivity index (χ0v) is 16.3. The number of anilines is 3. The summed E-state index contributed by atoms with van der Waals surface area (Å²) in [5.74, 6) is -2.25. The Kier molecular flexibility index (Phi) is 6.32. The number of benzene rings is 1. The number of rotatable bonds is 7. The van der Waals surface area contributed by atoms with Crippen LogP contribution in [0, 0.1) is 0 Å². The topological polar surface area (TPSA) is 116 Å². The molecule has 0 aliphatic heterocycles. The van der Waals surface area contributed by atoms with Crippen molar-refractivity contribution in [3.8, 4) is 0 Å². The minimum absolute atomic E-state index is 0.147. The van der Waals surface area contributed by atoms with Crippen molar-refractivity contribution in [2.75, 3.05) is 10.6 Å². The lowest BCUT2D eigenvalue weighted by atomic mass is 10.1. The highest BCUT2D eigenvalue weighted by atomic mass is 35.5. The molecule has 0 amide bonds. The van der Waals surface area contributed by atoms with Gasteiger partial charge in [-0.2, -0.15) is 18.2 Å². The molecule has 0 saturated heterocycles. The third-order valence-corrected chi connectivity index (χ3v) is 4.60. The maximum Gasteiger partial charge on any atom is 0.421 e. The Morgan fingerprint density at radius 3 is 2.60 bits per heavy atom. The first-order valence-corrected chi connectivity index (χ1v) is 9.02. The third kappa shape index (κ3) is 5.30. The number of nitrogens with zero attached hydrogens (tertiary/aromatic N) is 3. The number of hydrogen-bond donors (Lipinski definition) is 4. The predicted molar refractivity (Wildman–Crippen MR) is 104 cm³/mol. The van der Waals surface area contributed by atoms with Gasteiger partial charge in [0, 0.05) is 30.2 Å². The van der Waals surface area contributed by atoms with Crippen molar-refractivity contribution in [1.29, 1.82) is 0 Å². The number of hydrogen-bond acceptors (Lipinski definition) is 6. The van der Waals surface area contributed by atoms with Crippen LogP contribution in [0.3, 0.4) is 0 Å². The molecule has 0 unspecified atom stereocenters. The quantitative estimate of drug-likeness (QED) is 0.413. The number of imidazole rings is 1. The van der Waals surface area contributed by atoms with Crippen molar-refractivity contribution >= 4 is 46.6 Å². The fourth-order valence-corrected chi connectivity index (χ4v) is 2.74. The fourth-order valence-electron chi connectivity index (χ4n) is 2.44.